The number of nitrogens with one attached hydrogen (secondary N) is 1. The van der Waals surface area contributed by atoms with Gasteiger partial charge in [0.05, 0.1) is 5.56 Å². The van der Waals surface area contributed by atoms with Gasteiger partial charge in [-0.25, -0.2) is 0 Å². The summed E-state index contributed by atoms with van der Waals surface area (Å²) < 4.78 is 0. The molecule has 1 fully saturated rings. The fourth-order valence-corrected chi connectivity index (χ4v) is 3.90. The van der Waals surface area contributed by atoms with Crippen molar-refractivity contribution in [2.45, 2.75) is 45.1 Å². The van der Waals surface area contributed by atoms with Crippen LogP contribution in [0.1, 0.15) is 54.9 Å². The molecule has 1 saturated heterocycles. The van der Waals surface area contributed by atoms with Crippen molar-refractivity contribution in [2.75, 3.05) is 13.1 Å². The minimum absolute atomic E-state index is 0.00569. The number of pyridine rings is 1. The van der Waals surface area contributed by atoms with Gasteiger partial charge in [0.1, 0.15) is 6.04 Å². The van der Waals surface area contributed by atoms with Gasteiger partial charge in [0, 0.05) is 30.5 Å². The molecule has 2 heterocycles. The summed E-state index contributed by atoms with van der Waals surface area (Å²) in [6.07, 6.45) is 5.78. The van der Waals surface area contributed by atoms with Crippen LogP contribution in [-0.2, 0) is 4.79 Å². The number of likely N-dealkylation sites (tertiary alicyclic amines) is 1. The number of carbonyl (C=O) groups is 2. The Morgan fingerprint density at radius 2 is 1.90 bits per heavy atom. The summed E-state index contributed by atoms with van der Waals surface area (Å²) in [6.45, 7) is 5.43. The maximum absolute atomic E-state index is 13.2. The van der Waals surface area contributed by atoms with E-state index in [2.05, 4.69) is 22.4 Å². The lowest BCUT2D eigenvalue weighted by Gasteiger charge is -2.36. The Labute approximate surface area is 177 Å². The first-order valence-corrected chi connectivity index (χ1v) is 10.6. The molecule has 0 aliphatic carbocycles. The van der Waals surface area contributed by atoms with Gasteiger partial charge < -0.3 is 10.2 Å². The van der Waals surface area contributed by atoms with Crippen molar-refractivity contribution in [2.24, 2.45) is 5.92 Å². The number of amides is 2. The Bertz CT molecular complexity index is 818. The zero-order valence-corrected chi connectivity index (χ0v) is 17.7. The van der Waals surface area contributed by atoms with Gasteiger partial charge in [-0.3, -0.25) is 14.6 Å². The standard InChI is InChI=1S/C23H28ClN3O2/c1-3-16(2)21(26-22(28)19-5-4-12-25-15-19)23(29)27-13-10-18(11-14-27)17-6-8-20(24)9-7-17/h4-9,12,15-16,18,21H,3,10-11,13-14H2,1-2H3,(H,26,28)/t16-,21+/m0/s1. The summed E-state index contributed by atoms with van der Waals surface area (Å²) in [4.78, 5) is 31.7. The average molecular weight is 414 g/mol. The van der Waals surface area contributed by atoms with E-state index in [0.29, 0.717) is 24.6 Å². The number of halogens is 1. The molecular formula is C23H28ClN3O2. The predicted octanol–water partition coefficient (Wildman–Crippen LogP) is 4.29. The summed E-state index contributed by atoms with van der Waals surface area (Å²) in [5.41, 5.74) is 1.74. The van der Waals surface area contributed by atoms with Crippen molar-refractivity contribution in [3.8, 4) is 0 Å². The number of benzene rings is 1. The maximum Gasteiger partial charge on any atom is 0.253 e. The summed E-state index contributed by atoms with van der Waals surface area (Å²) in [5, 5.41) is 3.68. The van der Waals surface area contributed by atoms with E-state index in [4.69, 9.17) is 11.6 Å². The van der Waals surface area contributed by atoms with E-state index >= 15 is 0 Å². The van der Waals surface area contributed by atoms with Crippen LogP contribution in [0.25, 0.3) is 0 Å². The molecule has 2 amide bonds. The number of rotatable bonds is 6. The molecule has 0 radical (unpaired) electrons. The van der Waals surface area contributed by atoms with Gasteiger partial charge in [-0.2, -0.15) is 0 Å². The van der Waals surface area contributed by atoms with Crippen LogP contribution in [0.4, 0.5) is 0 Å². The number of aromatic nitrogens is 1. The van der Waals surface area contributed by atoms with Crippen molar-refractivity contribution in [1.82, 2.24) is 15.2 Å². The SMILES string of the molecule is CC[C@H](C)[C@@H](NC(=O)c1cccnc1)C(=O)N1CCC(c2ccc(Cl)cc2)CC1. The van der Waals surface area contributed by atoms with Gasteiger partial charge in [-0.05, 0) is 54.5 Å². The second kappa shape index (κ2) is 9.88. The first-order chi connectivity index (χ1) is 14.0. The Kier molecular flexibility index (Phi) is 7.26. The Morgan fingerprint density at radius 3 is 2.48 bits per heavy atom. The van der Waals surface area contributed by atoms with Crippen LogP contribution in [0.3, 0.4) is 0 Å². The maximum atomic E-state index is 13.2. The number of hydrogen-bond donors (Lipinski definition) is 1. The predicted molar refractivity (Wildman–Crippen MR) is 115 cm³/mol. The lowest BCUT2D eigenvalue weighted by atomic mass is 9.88. The van der Waals surface area contributed by atoms with Crippen molar-refractivity contribution < 1.29 is 9.59 Å². The van der Waals surface area contributed by atoms with Gasteiger partial charge in [0.25, 0.3) is 5.91 Å². The molecule has 1 aromatic carbocycles. The van der Waals surface area contributed by atoms with E-state index in [1.807, 2.05) is 30.9 Å². The zero-order chi connectivity index (χ0) is 20.8. The Hall–Kier alpha value is -2.40. The topological polar surface area (TPSA) is 62.3 Å². The quantitative estimate of drug-likeness (QED) is 0.768. The summed E-state index contributed by atoms with van der Waals surface area (Å²) in [6, 6.07) is 10.9. The lowest BCUT2D eigenvalue weighted by Crippen LogP contribution is -2.53. The smallest absolute Gasteiger partial charge is 0.253 e. The van der Waals surface area contributed by atoms with Gasteiger partial charge in [-0.1, -0.05) is 44.0 Å². The monoisotopic (exact) mass is 413 g/mol. The lowest BCUT2D eigenvalue weighted by molar-refractivity contribution is -0.135. The minimum atomic E-state index is -0.528. The summed E-state index contributed by atoms with van der Waals surface area (Å²) >= 11 is 5.99. The van der Waals surface area contributed by atoms with E-state index in [1.165, 1.54) is 11.8 Å². The third-order valence-electron chi connectivity index (χ3n) is 5.84. The van der Waals surface area contributed by atoms with Crippen molar-refractivity contribution in [1.29, 1.82) is 0 Å². The molecule has 5 nitrogen and oxygen atoms in total. The van der Waals surface area contributed by atoms with Crippen LogP contribution in [0.5, 0.6) is 0 Å². The van der Waals surface area contributed by atoms with Gasteiger partial charge in [0.2, 0.25) is 5.91 Å². The molecule has 1 aromatic heterocycles. The molecule has 2 aromatic rings. The minimum Gasteiger partial charge on any atom is -0.341 e. The highest BCUT2D eigenvalue weighted by Gasteiger charge is 2.32. The van der Waals surface area contributed by atoms with Crippen molar-refractivity contribution in [3.63, 3.8) is 0 Å². The second-order valence-electron chi connectivity index (χ2n) is 7.73. The largest absolute Gasteiger partial charge is 0.341 e. The Morgan fingerprint density at radius 1 is 1.21 bits per heavy atom. The molecule has 154 valence electrons. The average Bonchev–Trinajstić information content (AvgIpc) is 2.77. The van der Waals surface area contributed by atoms with Crippen LogP contribution in [0.15, 0.2) is 48.8 Å². The first-order valence-electron chi connectivity index (χ1n) is 10.2. The zero-order valence-electron chi connectivity index (χ0n) is 17.0. The summed E-state index contributed by atoms with van der Waals surface area (Å²) in [7, 11) is 0. The molecule has 2 atom stereocenters. The molecule has 0 spiro atoms. The molecule has 1 N–H and O–H groups in total. The molecule has 1 aliphatic rings. The van der Waals surface area contributed by atoms with E-state index in [9.17, 15) is 9.59 Å². The van der Waals surface area contributed by atoms with Crippen LogP contribution < -0.4 is 5.32 Å². The summed E-state index contributed by atoms with van der Waals surface area (Å²) in [5.74, 6) is 0.236. The molecular weight excluding hydrogens is 386 g/mol. The Balaban J connectivity index is 1.64. The molecule has 6 heteroatoms. The van der Waals surface area contributed by atoms with E-state index in [-0.39, 0.29) is 17.7 Å². The molecule has 0 unspecified atom stereocenters. The van der Waals surface area contributed by atoms with Crippen LogP contribution >= 0.6 is 11.6 Å². The fraction of sp³-hybridized carbons (Fsp3) is 0.435. The third kappa shape index (κ3) is 5.36. The highest BCUT2D eigenvalue weighted by molar-refractivity contribution is 6.30. The highest BCUT2D eigenvalue weighted by Crippen LogP contribution is 2.29. The van der Waals surface area contributed by atoms with E-state index < -0.39 is 6.04 Å². The van der Waals surface area contributed by atoms with Crippen LogP contribution in [0.2, 0.25) is 5.02 Å². The molecule has 1 aliphatic heterocycles. The van der Waals surface area contributed by atoms with E-state index in [1.54, 1.807) is 18.3 Å². The van der Waals surface area contributed by atoms with Crippen molar-refractivity contribution in [3.05, 3.63) is 64.9 Å². The second-order valence-corrected chi connectivity index (χ2v) is 8.17. The first kappa shape index (κ1) is 21.3. The van der Waals surface area contributed by atoms with Gasteiger partial charge in [0.15, 0.2) is 0 Å². The number of hydrogen-bond acceptors (Lipinski definition) is 3. The molecule has 0 saturated carbocycles. The fourth-order valence-electron chi connectivity index (χ4n) is 3.77. The molecule has 0 bridgehead atoms. The number of nitrogens with zero attached hydrogens (tertiary/aromatic N) is 2. The molecule has 3 rings (SSSR count). The highest BCUT2D eigenvalue weighted by atomic mass is 35.5. The third-order valence-corrected chi connectivity index (χ3v) is 6.09. The van der Waals surface area contributed by atoms with E-state index in [0.717, 1.165) is 24.3 Å². The van der Waals surface area contributed by atoms with Crippen LogP contribution in [-0.4, -0.2) is 40.8 Å². The molecule has 29 heavy (non-hydrogen) atoms. The van der Waals surface area contributed by atoms with Crippen molar-refractivity contribution >= 4 is 23.4 Å². The van der Waals surface area contributed by atoms with Gasteiger partial charge >= 0.3 is 0 Å². The van der Waals surface area contributed by atoms with Crippen LogP contribution in [0, 0.1) is 5.92 Å². The normalized spacial score (nSPS) is 16.9. The van der Waals surface area contributed by atoms with Gasteiger partial charge in [-0.15, -0.1) is 0 Å². The number of carbonyl (C=O) groups excluding carboxylic acids is 2. The number of piperidine rings is 1.